The first-order chi connectivity index (χ1) is 10.1. The Morgan fingerprint density at radius 2 is 1.38 bits per heavy atom. The standard InChI is InChI=1S/C16H24F4N/c17-10-6-3-1-2-5-9-14(18)16(20)15(19)13-21-11-7-4-8-12-21/h4,7-8,11-12,14-16H,1-3,5-6,9-10,13H2/q+1. The monoisotopic (exact) mass is 306 g/mol. The number of pyridine rings is 1. The molecule has 1 rings (SSSR count). The minimum Gasteiger partial charge on any atom is -0.251 e. The van der Waals surface area contributed by atoms with Crippen molar-refractivity contribution in [3.05, 3.63) is 30.6 Å². The Hall–Kier alpha value is -1.13. The Labute approximate surface area is 124 Å². The molecule has 0 bridgehead atoms. The van der Waals surface area contributed by atoms with Crippen LogP contribution in [-0.2, 0) is 6.54 Å². The number of aromatic nitrogens is 1. The van der Waals surface area contributed by atoms with Gasteiger partial charge in [0.25, 0.3) is 0 Å². The highest BCUT2D eigenvalue weighted by Crippen LogP contribution is 2.18. The number of hydrogen-bond donors (Lipinski definition) is 0. The number of rotatable bonds is 11. The molecule has 1 heterocycles. The van der Waals surface area contributed by atoms with Crippen molar-refractivity contribution in [3.63, 3.8) is 0 Å². The van der Waals surface area contributed by atoms with Gasteiger partial charge in [-0.2, -0.15) is 0 Å². The van der Waals surface area contributed by atoms with E-state index in [1.165, 1.54) is 4.57 Å². The van der Waals surface area contributed by atoms with Crippen molar-refractivity contribution >= 4 is 0 Å². The van der Waals surface area contributed by atoms with Crippen LogP contribution in [0.1, 0.15) is 38.5 Å². The Balaban J connectivity index is 2.21. The molecule has 0 radical (unpaired) electrons. The largest absolute Gasteiger partial charge is 0.251 e. The summed E-state index contributed by atoms with van der Waals surface area (Å²) in [6.45, 7) is -0.516. The van der Waals surface area contributed by atoms with Gasteiger partial charge in [0.1, 0.15) is 6.17 Å². The summed E-state index contributed by atoms with van der Waals surface area (Å²) < 4.78 is 54.4. The molecule has 0 aliphatic carbocycles. The molecule has 0 aliphatic heterocycles. The van der Waals surface area contributed by atoms with Gasteiger partial charge in [-0.1, -0.05) is 31.7 Å². The van der Waals surface area contributed by atoms with Gasteiger partial charge in [0.05, 0.1) is 6.67 Å². The second kappa shape index (κ2) is 10.6. The van der Waals surface area contributed by atoms with Gasteiger partial charge in [-0.05, 0) is 12.8 Å². The van der Waals surface area contributed by atoms with Gasteiger partial charge < -0.3 is 0 Å². The highest BCUT2D eigenvalue weighted by atomic mass is 19.2. The fourth-order valence-corrected chi connectivity index (χ4v) is 2.21. The summed E-state index contributed by atoms with van der Waals surface area (Å²) in [7, 11) is 0. The molecule has 21 heavy (non-hydrogen) atoms. The van der Waals surface area contributed by atoms with Gasteiger partial charge in [-0.25, -0.2) is 17.7 Å². The summed E-state index contributed by atoms with van der Waals surface area (Å²) in [6.07, 6.45) is 0.899. The highest BCUT2D eigenvalue weighted by molar-refractivity contribution is 4.84. The molecule has 5 heteroatoms. The summed E-state index contributed by atoms with van der Waals surface area (Å²) in [4.78, 5) is 0. The van der Waals surface area contributed by atoms with Crippen molar-refractivity contribution in [1.29, 1.82) is 0 Å². The van der Waals surface area contributed by atoms with Crippen LogP contribution < -0.4 is 4.57 Å². The maximum Gasteiger partial charge on any atom is 0.192 e. The summed E-state index contributed by atoms with van der Waals surface area (Å²) in [5.74, 6) is 0. The van der Waals surface area contributed by atoms with Gasteiger partial charge in [0, 0.05) is 12.1 Å². The van der Waals surface area contributed by atoms with Crippen LogP contribution in [0.2, 0.25) is 0 Å². The van der Waals surface area contributed by atoms with Crippen molar-refractivity contribution in [2.24, 2.45) is 0 Å². The normalized spacial score (nSPS) is 15.6. The summed E-state index contributed by atoms with van der Waals surface area (Å²) in [5.41, 5.74) is 0. The molecule has 0 spiro atoms. The van der Waals surface area contributed by atoms with Crippen molar-refractivity contribution in [3.8, 4) is 0 Å². The zero-order chi connectivity index (χ0) is 15.5. The fraction of sp³-hybridized carbons (Fsp3) is 0.688. The molecule has 0 amide bonds. The van der Waals surface area contributed by atoms with Crippen LogP contribution in [0.25, 0.3) is 0 Å². The Kier molecular flexibility index (Phi) is 9.02. The van der Waals surface area contributed by atoms with Crippen LogP contribution in [0.3, 0.4) is 0 Å². The predicted octanol–water partition coefficient (Wildman–Crippen LogP) is 4.30. The lowest BCUT2D eigenvalue weighted by atomic mass is 10.0. The van der Waals surface area contributed by atoms with Crippen molar-refractivity contribution < 1.29 is 22.1 Å². The van der Waals surface area contributed by atoms with Crippen LogP contribution in [0.5, 0.6) is 0 Å². The molecule has 0 aromatic carbocycles. The highest BCUT2D eigenvalue weighted by Gasteiger charge is 2.32. The van der Waals surface area contributed by atoms with Crippen LogP contribution in [-0.4, -0.2) is 25.2 Å². The van der Waals surface area contributed by atoms with Crippen LogP contribution in [0.15, 0.2) is 30.6 Å². The molecule has 1 aromatic rings. The third-order valence-corrected chi connectivity index (χ3v) is 3.47. The first-order valence-electron chi connectivity index (χ1n) is 7.57. The van der Waals surface area contributed by atoms with E-state index in [9.17, 15) is 17.6 Å². The third-order valence-electron chi connectivity index (χ3n) is 3.47. The molecular formula is C16H24F4N+. The Morgan fingerprint density at radius 1 is 0.762 bits per heavy atom. The molecule has 0 fully saturated rings. The Morgan fingerprint density at radius 3 is 2.05 bits per heavy atom. The van der Waals surface area contributed by atoms with Crippen molar-refractivity contribution in [1.82, 2.24) is 0 Å². The van der Waals surface area contributed by atoms with Crippen molar-refractivity contribution in [2.45, 2.75) is 63.6 Å². The van der Waals surface area contributed by atoms with Crippen LogP contribution in [0.4, 0.5) is 17.6 Å². The molecule has 0 saturated carbocycles. The molecule has 0 N–H and O–H groups in total. The molecule has 0 saturated heterocycles. The maximum atomic E-state index is 13.7. The number of alkyl halides is 4. The molecular weight excluding hydrogens is 282 g/mol. The van der Waals surface area contributed by atoms with E-state index in [1.54, 1.807) is 30.6 Å². The first-order valence-corrected chi connectivity index (χ1v) is 7.57. The molecule has 1 nitrogen and oxygen atoms in total. The van der Waals surface area contributed by atoms with Gasteiger partial charge in [0.2, 0.25) is 0 Å². The smallest absolute Gasteiger partial charge is 0.192 e. The fourth-order valence-electron chi connectivity index (χ4n) is 2.21. The van der Waals surface area contributed by atoms with E-state index in [1.807, 2.05) is 0 Å². The summed E-state index contributed by atoms with van der Waals surface area (Å²) in [6, 6.07) is 5.20. The SMILES string of the molecule is FCCCCCCCC(F)C(F)C(F)C[n+]1ccccc1. The number of nitrogens with zero attached hydrogens (tertiary/aromatic N) is 1. The van der Waals surface area contributed by atoms with Crippen molar-refractivity contribution in [2.75, 3.05) is 6.67 Å². The molecule has 3 unspecified atom stereocenters. The van der Waals surface area contributed by atoms with Crippen LogP contribution in [0, 0.1) is 0 Å². The lowest BCUT2D eigenvalue weighted by molar-refractivity contribution is -0.702. The van der Waals surface area contributed by atoms with E-state index >= 15 is 0 Å². The predicted molar refractivity (Wildman–Crippen MR) is 75.0 cm³/mol. The van der Waals surface area contributed by atoms with E-state index in [4.69, 9.17) is 0 Å². The van der Waals surface area contributed by atoms with E-state index < -0.39 is 18.5 Å². The average molecular weight is 306 g/mol. The van der Waals surface area contributed by atoms with E-state index in [-0.39, 0.29) is 19.6 Å². The first kappa shape index (κ1) is 17.9. The maximum absolute atomic E-state index is 13.7. The number of hydrogen-bond acceptors (Lipinski definition) is 0. The van der Waals surface area contributed by atoms with Crippen LogP contribution >= 0.6 is 0 Å². The minimum atomic E-state index is -2.09. The van der Waals surface area contributed by atoms with Gasteiger partial charge >= 0.3 is 0 Å². The van der Waals surface area contributed by atoms with E-state index in [2.05, 4.69) is 0 Å². The lowest BCUT2D eigenvalue weighted by Gasteiger charge is -2.15. The third kappa shape index (κ3) is 7.44. The van der Waals surface area contributed by atoms with Gasteiger partial charge in [-0.15, -0.1) is 0 Å². The molecule has 0 aliphatic rings. The van der Waals surface area contributed by atoms with Gasteiger partial charge in [-0.3, -0.25) is 4.39 Å². The zero-order valence-corrected chi connectivity index (χ0v) is 12.2. The van der Waals surface area contributed by atoms with E-state index in [0.717, 1.165) is 19.3 Å². The number of unbranched alkanes of at least 4 members (excludes halogenated alkanes) is 4. The Bertz CT molecular complexity index is 361. The quantitative estimate of drug-likeness (QED) is 0.326. The topological polar surface area (TPSA) is 3.88 Å². The molecule has 120 valence electrons. The average Bonchev–Trinajstić information content (AvgIpc) is 2.50. The zero-order valence-electron chi connectivity index (χ0n) is 12.2. The minimum absolute atomic E-state index is 0.0245. The van der Waals surface area contributed by atoms with Gasteiger partial charge in [0.15, 0.2) is 31.3 Å². The second-order valence-corrected chi connectivity index (χ2v) is 5.29. The molecule has 1 aromatic heterocycles. The lowest BCUT2D eigenvalue weighted by Crippen LogP contribution is -2.43. The summed E-state index contributed by atoms with van der Waals surface area (Å²) in [5, 5.41) is 0. The van der Waals surface area contributed by atoms with E-state index in [0.29, 0.717) is 12.8 Å². The second-order valence-electron chi connectivity index (χ2n) is 5.29. The summed E-state index contributed by atoms with van der Waals surface area (Å²) >= 11 is 0. The molecule has 3 atom stereocenters. The number of halogens is 4.